The fraction of sp³-hybridized carbons (Fsp3) is 0.500. The van der Waals surface area contributed by atoms with E-state index in [1.807, 2.05) is 6.07 Å². The first-order valence-corrected chi connectivity index (χ1v) is 6.26. The van der Waals surface area contributed by atoms with Gasteiger partial charge in [-0.25, -0.2) is 4.39 Å². The normalized spacial score (nSPS) is 18.5. The lowest BCUT2D eigenvalue weighted by atomic mass is 9.87. The molecule has 2 nitrogen and oxygen atoms in total. The van der Waals surface area contributed by atoms with Crippen LogP contribution in [0.4, 0.5) is 4.39 Å². The van der Waals surface area contributed by atoms with E-state index in [2.05, 4.69) is 15.9 Å². The van der Waals surface area contributed by atoms with Crippen molar-refractivity contribution in [1.29, 1.82) is 0 Å². The first-order chi connectivity index (χ1) is 7.70. The quantitative estimate of drug-likeness (QED) is 0.904. The maximum absolute atomic E-state index is 13.8. The van der Waals surface area contributed by atoms with Gasteiger partial charge in [-0.15, -0.1) is 12.4 Å². The van der Waals surface area contributed by atoms with Crippen molar-refractivity contribution in [2.75, 3.05) is 13.2 Å². The van der Waals surface area contributed by atoms with E-state index >= 15 is 0 Å². The molecule has 1 aromatic carbocycles. The highest BCUT2D eigenvalue weighted by Gasteiger charge is 2.24. The zero-order valence-electron chi connectivity index (χ0n) is 9.36. The Morgan fingerprint density at radius 2 is 2.00 bits per heavy atom. The summed E-state index contributed by atoms with van der Waals surface area (Å²) in [6.07, 6.45) is 1.82. The van der Waals surface area contributed by atoms with Crippen molar-refractivity contribution in [2.24, 2.45) is 11.7 Å². The molecule has 0 aromatic heterocycles. The molecule has 17 heavy (non-hydrogen) atoms. The minimum atomic E-state index is -0.235. The van der Waals surface area contributed by atoms with Gasteiger partial charge in [-0.2, -0.15) is 0 Å². The highest BCUT2D eigenvalue weighted by Crippen LogP contribution is 2.31. The number of halogens is 3. The Bertz CT molecular complexity index is 372. The smallest absolute Gasteiger partial charge is 0.142 e. The molecule has 1 heterocycles. The van der Waals surface area contributed by atoms with E-state index in [9.17, 15) is 4.39 Å². The lowest BCUT2D eigenvalue weighted by molar-refractivity contribution is 0.0580. The van der Waals surface area contributed by atoms with E-state index in [0.717, 1.165) is 26.1 Å². The minimum Gasteiger partial charge on any atom is -0.381 e. The summed E-state index contributed by atoms with van der Waals surface area (Å²) in [5.41, 5.74) is 6.72. The Labute approximate surface area is 115 Å². The van der Waals surface area contributed by atoms with Gasteiger partial charge in [0.2, 0.25) is 0 Å². The topological polar surface area (TPSA) is 35.2 Å². The van der Waals surface area contributed by atoms with Crippen molar-refractivity contribution < 1.29 is 9.13 Å². The first kappa shape index (κ1) is 14.9. The fourth-order valence-corrected chi connectivity index (χ4v) is 2.49. The van der Waals surface area contributed by atoms with Crippen LogP contribution in [0.2, 0.25) is 0 Å². The molecule has 0 radical (unpaired) electrons. The van der Waals surface area contributed by atoms with E-state index in [4.69, 9.17) is 10.5 Å². The van der Waals surface area contributed by atoms with Gasteiger partial charge in [0.15, 0.2) is 0 Å². The molecule has 0 amide bonds. The molecule has 0 bridgehead atoms. The molecule has 2 rings (SSSR count). The zero-order chi connectivity index (χ0) is 11.5. The van der Waals surface area contributed by atoms with Crippen molar-refractivity contribution in [1.82, 2.24) is 0 Å². The van der Waals surface area contributed by atoms with Crippen LogP contribution >= 0.6 is 28.3 Å². The van der Waals surface area contributed by atoms with Crippen molar-refractivity contribution in [2.45, 2.75) is 18.9 Å². The Hall–Kier alpha value is -0.160. The molecule has 1 atom stereocenters. The Morgan fingerprint density at radius 1 is 1.35 bits per heavy atom. The van der Waals surface area contributed by atoms with Gasteiger partial charge in [0, 0.05) is 24.8 Å². The van der Waals surface area contributed by atoms with Gasteiger partial charge in [0.05, 0.1) is 4.47 Å². The monoisotopic (exact) mass is 323 g/mol. The van der Waals surface area contributed by atoms with E-state index in [0.29, 0.717) is 16.0 Å². The highest BCUT2D eigenvalue weighted by molar-refractivity contribution is 9.10. The summed E-state index contributed by atoms with van der Waals surface area (Å²) in [4.78, 5) is 0. The highest BCUT2D eigenvalue weighted by atomic mass is 79.9. The second-order valence-electron chi connectivity index (χ2n) is 4.12. The average molecular weight is 325 g/mol. The second-order valence-corrected chi connectivity index (χ2v) is 4.97. The molecule has 0 saturated carbocycles. The number of ether oxygens (including phenoxy) is 1. The van der Waals surface area contributed by atoms with Crippen LogP contribution in [0.5, 0.6) is 0 Å². The van der Waals surface area contributed by atoms with Crippen LogP contribution in [-0.2, 0) is 4.74 Å². The van der Waals surface area contributed by atoms with Crippen molar-refractivity contribution in [3.63, 3.8) is 0 Å². The summed E-state index contributed by atoms with van der Waals surface area (Å²) in [7, 11) is 0. The third-order valence-electron chi connectivity index (χ3n) is 3.11. The standard InChI is InChI=1S/C12H15BrFNO.ClH/c13-10-3-1-2-9(11(10)14)12(15)8-4-6-16-7-5-8;/h1-3,8,12H,4-7,15H2;1H/t12-;/m0./s1. The maximum Gasteiger partial charge on any atom is 0.142 e. The summed E-state index contributed by atoms with van der Waals surface area (Å²) in [5.74, 6) is 0.0824. The van der Waals surface area contributed by atoms with Crippen LogP contribution in [0.1, 0.15) is 24.4 Å². The Morgan fingerprint density at radius 3 is 2.65 bits per heavy atom. The first-order valence-electron chi connectivity index (χ1n) is 5.47. The lowest BCUT2D eigenvalue weighted by Gasteiger charge is -2.28. The van der Waals surface area contributed by atoms with Crippen LogP contribution < -0.4 is 5.73 Å². The average Bonchev–Trinajstić information content (AvgIpc) is 2.33. The molecule has 1 aromatic rings. The third kappa shape index (κ3) is 3.41. The predicted octanol–water partition coefficient (Wildman–Crippen LogP) is 3.44. The van der Waals surface area contributed by atoms with Gasteiger partial charge in [0.25, 0.3) is 0 Å². The summed E-state index contributed by atoms with van der Waals surface area (Å²) < 4.78 is 19.6. The summed E-state index contributed by atoms with van der Waals surface area (Å²) in [6, 6.07) is 5.04. The number of hydrogen-bond acceptors (Lipinski definition) is 2. The van der Waals surface area contributed by atoms with Gasteiger partial charge in [-0.1, -0.05) is 12.1 Å². The lowest BCUT2D eigenvalue weighted by Crippen LogP contribution is -2.28. The summed E-state index contributed by atoms with van der Waals surface area (Å²) >= 11 is 3.18. The summed E-state index contributed by atoms with van der Waals surface area (Å²) in [6.45, 7) is 1.46. The second kappa shape index (κ2) is 6.69. The van der Waals surface area contributed by atoms with E-state index in [1.165, 1.54) is 0 Å². The number of hydrogen-bond donors (Lipinski definition) is 1. The largest absolute Gasteiger partial charge is 0.381 e. The molecule has 1 aliphatic rings. The Kier molecular flexibility index (Phi) is 5.86. The van der Waals surface area contributed by atoms with Crippen molar-refractivity contribution in [3.8, 4) is 0 Å². The number of benzene rings is 1. The van der Waals surface area contributed by atoms with Gasteiger partial charge < -0.3 is 10.5 Å². The summed E-state index contributed by atoms with van der Waals surface area (Å²) in [5, 5.41) is 0. The molecular weight excluding hydrogens is 308 g/mol. The SMILES string of the molecule is Cl.N[C@H](c1cccc(Br)c1F)C1CCOCC1. The fourth-order valence-electron chi connectivity index (χ4n) is 2.11. The van der Waals surface area contributed by atoms with Gasteiger partial charge >= 0.3 is 0 Å². The molecule has 1 aliphatic heterocycles. The van der Waals surface area contributed by atoms with Gasteiger partial charge in [0.1, 0.15) is 5.82 Å². The predicted molar refractivity (Wildman–Crippen MR) is 71.8 cm³/mol. The molecule has 1 saturated heterocycles. The molecule has 96 valence electrons. The van der Waals surface area contributed by atoms with Gasteiger partial charge in [-0.3, -0.25) is 0 Å². The van der Waals surface area contributed by atoms with E-state index in [1.54, 1.807) is 12.1 Å². The van der Waals surface area contributed by atoms with Crippen LogP contribution in [-0.4, -0.2) is 13.2 Å². The molecule has 1 fully saturated rings. The van der Waals surface area contributed by atoms with Crippen LogP contribution in [0.15, 0.2) is 22.7 Å². The minimum absolute atomic E-state index is 0. The molecule has 2 N–H and O–H groups in total. The maximum atomic E-state index is 13.8. The van der Waals surface area contributed by atoms with E-state index in [-0.39, 0.29) is 24.3 Å². The number of nitrogens with two attached hydrogens (primary N) is 1. The Balaban J connectivity index is 0.00000144. The van der Waals surface area contributed by atoms with Crippen LogP contribution in [0.25, 0.3) is 0 Å². The molecule has 5 heteroatoms. The zero-order valence-corrected chi connectivity index (χ0v) is 11.8. The van der Waals surface area contributed by atoms with E-state index < -0.39 is 0 Å². The molecule has 0 aliphatic carbocycles. The molecular formula is C12H16BrClFNO. The van der Waals surface area contributed by atoms with Crippen LogP contribution in [0, 0.1) is 11.7 Å². The van der Waals surface area contributed by atoms with Crippen LogP contribution in [0.3, 0.4) is 0 Å². The van der Waals surface area contributed by atoms with Gasteiger partial charge in [-0.05, 0) is 40.8 Å². The number of rotatable bonds is 2. The van der Waals surface area contributed by atoms with Crippen molar-refractivity contribution >= 4 is 28.3 Å². The molecule has 0 unspecified atom stereocenters. The molecule has 0 spiro atoms. The van der Waals surface area contributed by atoms with Crippen molar-refractivity contribution in [3.05, 3.63) is 34.1 Å². The third-order valence-corrected chi connectivity index (χ3v) is 3.73.